The lowest BCUT2D eigenvalue weighted by Gasteiger charge is -2.45. The van der Waals surface area contributed by atoms with Crippen LogP contribution in [0.5, 0.6) is 0 Å². The highest BCUT2D eigenvalue weighted by molar-refractivity contribution is 6.10. The molecule has 0 aliphatic carbocycles. The van der Waals surface area contributed by atoms with E-state index in [1.807, 2.05) is 6.07 Å². The van der Waals surface area contributed by atoms with Gasteiger partial charge in [-0.05, 0) is 49.6 Å². The van der Waals surface area contributed by atoms with Gasteiger partial charge in [-0.15, -0.1) is 0 Å². The van der Waals surface area contributed by atoms with E-state index in [4.69, 9.17) is 4.42 Å². The van der Waals surface area contributed by atoms with Crippen LogP contribution in [0, 0.1) is 0 Å². The van der Waals surface area contributed by atoms with Gasteiger partial charge in [-0.2, -0.15) is 0 Å². The Kier molecular flexibility index (Phi) is 6.42. The van der Waals surface area contributed by atoms with E-state index in [1.54, 1.807) is 53.1 Å². The summed E-state index contributed by atoms with van der Waals surface area (Å²) in [6, 6.07) is 8.42. The molecule has 0 radical (unpaired) electrons. The topological polar surface area (TPSA) is 97.6 Å². The van der Waals surface area contributed by atoms with E-state index in [0.29, 0.717) is 37.4 Å². The number of amides is 4. The number of fused-ring (bicyclic) bond motifs is 3. The molecule has 190 valence electrons. The lowest BCUT2D eigenvalue weighted by atomic mass is 9.95. The highest BCUT2D eigenvalue weighted by Crippen LogP contribution is 2.40. The van der Waals surface area contributed by atoms with Gasteiger partial charge in [-0.3, -0.25) is 24.1 Å². The summed E-state index contributed by atoms with van der Waals surface area (Å²) in [5, 5.41) is 0. The molecule has 3 aliphatic heterocycles. The van der Waals surface area contributed by atoms with Gasteiger partial charge >= 0.3 is 0 Å². The van der Waals surface area contributed by atoms with Crippen LogP contribution in [0.15, 0.2) is 41.0 Å². The molecule has 1 atom stereocenters. The molecule has 1 aromatic heterocycles. The number of carbonyl (C=O) groups is 4. The number of piperazine rings is 1. The van der Waals surface area contributed by atoms with Crippen LogP contribution in [-0.2, 0) is 9.59 Å². The summed E-state index contributed by atoms with van der Waals surface area (Å²) in [4.78, 5) is 60.6. The zero-order valence-corrected chi connectivity index (χ0v) is 20.7. The molecule has 1 aromatic carbocycles. The molecule has 10 nitrogen and oxygen atoms in total. The van der Waals surface area contributed by atoms with E-state index in [-0.39, 0.29) is 42.0 Å². The predicted octanol–water partition coefficient (Wildman–Crippen LogP) is 1.67. The summed E-state index contributed by atoms with van der Waals surface area (Å²) >= 11 is 0. The van der Waals surface area contributed by atoms with Gasteiger partial charge in [0.15, 0.2) is 5.76 Å². The normalized spacial score (nSPS) is 19.6. The van der Waals surface area contributed by atoms with E-state index >= 15 is 0 Å². The van der Waals surface area contributed by atoms with Crippen molar-refractivity contribution in [1.82, 2.24) is 14.7 Å². The fraction of sp³-hybridized carbons (Fsp3) is 0.462. The van der Waals surface area contributed by atoms with Gasteiger partial charge in [-0.1, -0.05) is 0 Å². The lowest BCUT2D eigenvalue weighted by Crippen LogP contribution is -2.58. The SMILES string of the molecule is CN(C)C(=O)c1ccc2c(c1)N(CC(=O)N1CCN(C(=O)c3ccco3)CC1)C(=O)C1CCCCN21. The number of rotatable bonds is 4. The molecule has 36 heavy (non-hydrogen) atoms. The first-order valence-electron chi connectivity index (χ1n) is 12.4. The molecule has 5 rings (SSSR count). The second kappa shape index (κ2) is 9.67. The van der Waals surface area contributed by atoms with Crippen LogP contribution < -0.4 is 9.80 Å². The number of anilines is 2. The molecule has 4 amide bonds. The average Bonchev–Trinajstić information content (AvgIpc) is 3.45. The molecule has 10 heteroatoms. The first-order chi connectivity index (χ1) is 17.3. The molecule has 2 aromatic rings. The Balaban J connectivity index is 1.34. The Morgan fingerprint density at radius 1 is 0.972 bits per heavy atom. The van der Waals surface area contributed by atoms with E-state index in [1.165, 1.54) is 11.2 Å². The first kappa shape index (κ1) is 23.9. The minimum Gasteiger partial charge on any atom is -0.459 e. The minimum atomic E-state index is -0.294. The molecule has 3 aliphatic rings. The zero-order chi connectivity index (χ0) is 25.4. The fourth-order valence-corrected chi connectivity index (χ4v) is 5.26. The van der Waals surface area contributed by atoms with Gasteiger partial charge in [0.2, 0.25) is 11.8 Å². The van der Waals surface area contributed by atoms with Crippen molar-refractivity contribution in [2.45, 2.75) is 25.3 Å². The van der Waals surface area contributed by atoms with Crippen LogP contribution >= 0.6 is 0 Å². The zero-order valence-electron chi connectivity index (χ0n) is 20.7. The summed E-state index contributed by atoms with van der Waals surface area (Å²) in [7, 11) is 3.37. The summed E-state index contributed by atoms with van der Waals surface area (Å²) in [5.41, 5.74) is 1.96. The number of furan rings is 1. The van der Waals surface area contributed by atoms with Gasteiger partial charge in [0.25, 0.3) is 11.8 Å². The Morgan fingerprint density at radius 2 is 1.72 bits per heavy atom. The average molecular weight is 494 g/mol. The molecule has 0 saturated carbocycles. The molecule has 2 fully saturated rings. The Labute approximate surface area is 210 Å². The van der Waals surface area contributed by atoms with E-state index in [9.17, 15) is 19.2 Å². The molecule has 1 unspecified atom stereocenters. The van der Waals surface area contributed by atoms with Crippen LogP contribution in [0.4, 0.5) is 11.4 Å². The molecule has 0 bridgehead atoms. The van der Waals surface area contributed by atoms with Gasteiger partial charge in [0.05, 0.1) is 17.6 Å². The van der Waals surface area contributed by atoms with Crippen LogP contribution in [0.2, 0.25) is 0 Å². The maximum atomic E-state index is 13.6. The van der Waals surface area contributed by atoms with Crippen LogP contribution in [-0.4, -0.2) is 97.7 Å². The molecule has 0 N–H and O–H groups in total. The smallest absolute Gasteiger partial charge is 0.289 e. The number of hydrogen-bond donors (Lipinski definition) is 0. The second-order valence-corrected chi connectivity index (χ2v) is 9.68. The standard InChI is InChI=1S/C26H31N5O5/c1-27(2)24(33)18-8-9-19-21(16-18)31(25(34)20-6-3-4-10-30(19)20)17-23(32)28-11-13-29(14-12-28)26(35)22-7-5-15-36-22/h5,7-9,15-16,20H,3-4,6,10-14,17H2,1-2H3. The van der Waals surface area contributed by atoms with Crippen molar-refractivity contribution in [2.24, 2.45) is 0 Å². The summed E-state index contributed by atoms with van der Waals surface area (Å²) in [5.74, 6) is -0.340. The van der Waals surface area contributed by atoms with Crippen molar-refractivity contribution < 1.29 is 23.6 Å². The summed E-state index contributed by atoms with van der Waals surface area (Å²) in [6.07, 6.45) is 4.18. The van der Waals surface area contributed by atoms with Crippen molar-refractivity contribution in [3.05, 3.63) is 47.9 Å². The van der Waals surface area contributed by atoms with Crippen molar-refractivity contribution in [1.29, 1.82) is 0 Å². The largest absolute Gasteiger partial charge is 0.459 e. The number of nitrogens with zero attached hydrogens (tertiary/aromatic N) is 5. The van der Waals surface area contributed by atoms with Gasteiger partial charge in [-0.25, -0.2) is 0 Å². The third-order valence-corrected chi connectivity index (χ3v) is 7.23. The van der Waals surface area contributed by atoms with Crippen molar-refractivity contribution in [2.75, 3.05) is 63.2 Å². The Bertz CT molecular complexity index is 1170. The van der Waals surface area contributed by atoms with Gasteiger partial charge < -0.3 is 24.0 Å². The van der Waals surface area contributed by atoms with Crippen LogP contribution in [0.25, 0.3) is 0 Å². The van der Waals surface area contributed by atoms with Crippen LogP contribution in [0.3, 0.4) is 0 Å². The highest BCUT2D eigenvalue weighted by atomic mass is 16.3. The number of benzene rings is 1. The van der Waals surface area contributed by atoms with Crippen LogP contribution in [0.1, 0.15) is 40.2 Å². The Morgan fingerprint density at radius 3 is 2.42 bits per heavy atom. The molecule has 0 spiro atoms. The lowest BCUT2D eigenvalue weighted by molar-refractivity contribution is -0.133. The molecular formula is C26H31N5O5. The fourth-order valence-electron chi connectivity index (χ4n) is 5.26. The molecule has 2 saturated heterocycles. The molecule has 4 heterocycles. The maximum Gasteiger partial charge on any atom is 0.289 e. The van der Waals surface area contributed by atoms with Gasteiger partial charge in [0, 0.05) is 52.4 Å². The van der Waals surface area contributed by atoms with E-state index in [0.717, 1.165) is 31.5 Å². The Hall–Kier alpha value is -3.82. The minimum absolute atomic E-state index is 0.0953. The predicted molar refractivity (Wildman–Crippen MR) is 133 cm³/mol. The third kappa shape index (κ3) is 4.31. The second-order valence-electron chi connectivity index (χ2n) is 9.68. The number of hydrogen-bond acceptors (Lipinski definition) is 6. The monoisotopic (exact) mass is 493 g/mol. The highest BCUT2D eigenvalue weighted by Gasteiger charge is 2.41. The van der Waals surface area contributed by atoms with E-state index in [2.05, 4.69) is 4.90 Å². The third-order valence-electron chi connectivity index (χ3n) is 7.23. The van der Waals surface area contributed by atoms with Crippen molar-refractivity contribution in [3.8, 4) is 0 Å². The number of piperidine rings is 1. The van der Waals surface area contributed by atoms with Crippen molar-refractivity contribution in [3.63, 3.8) is 0 Å². The quantitative estimate of drug-likeness (QED) is 0.643. The maximum absolute atomic E-state index is 13.6. The number of carbonyl (C=O) groups excluding carboxylic acids is 4. The first-order valence-corrected chi connectivity index (χ1v) is 12.4. The van der Waals surface area contributed by atoms with Gasteiger partial charge in [0.1, 0.15) is 12.6 Å². The van der Waals surface area contributed by atoms with Crippen molar-refractivity contribution >= 4 is 35.0 Å². The summed E-state index contributed by atoms with van der Waals surface area (Å²) < 4.78 is 5.21. The van der Waals surface area contributed by atoms with E-state index < -0.39 is 0 Å². The summed E-state index contributed by atoms with van der Waals surface area (Å²) in [6.45, 7) is 2.24. The molecular weight excluding hydrogens is 462 g/mol.